The summed E-state index contributed by atoms with van der Waals surface area (Å²) < 4.78 is 11.8. The first-order valence-electron chi connectivity index (χ1n) is 21.6. The van der Waals surface area contributed by atoms with Gasteiger partial charge in [0.15, 0.2) is 0 Å². The van der Waals surface area contributed by atoms with Gasteiger partial charge >= 0.3 is 0 Å². The number of fused-ring (bicyclic) bond motifs is 14. The molecule has 14 rings (SSSR count). The van der Waals surface area contributed by atoms with E-state index in [0.29, 0.717) is 0 Å². The van der Waals surface area contributed by atoms with Crippen LogP contribution in [0, 0.1) is 0 Å². The minimum atomic E-state index is -0.595. The van der Waals surface area contributed by atoms with Crippen molar-refractivity contribution in [1.82, 2.24) is 4.57 Å². The Morgan fingerprint density at radius 3 is 1.87 bits per heavy atom. The van der Waals surface area contributed by atoms with Gasteiger partial charge in [-0.3, -0.25) is 0 Å². The van der Waals surface area contributed by atoms with Crippen LogP contribution in [0.25, 0.3) is 69.6 Å². The van der Waals surface area contributed by atoms with E-state index < -0.39 is 5.41 Å². The average Bonchev–Trinajstić information content (AvgIpc) is 3.89. The van der Waals surface area contributed by atoms with E-state index in [-0.39, 0.29) is 0 Å². The molecule has 1 aliphatic carbocycles. The Morgan fingerprint density at radius 2 is 1.03 bits per heavy atom. The lowest BCUT2D eigenvalue weighted by atomic mass is 9.58. The van der Waals surface area contributed by atoms with Crippen molar-refractivity contribution in [2.45, 2.75) is 5.41 Å². The molecule has 4 heteroatoms. The standard InChI is InChI=1S/C59H36N2OS/c1-2-16-37(17-3-1)60(38-32-34-51-44(36-38)40-19-5-10-26-49(40)61(51)52-27-15-31-56-58(52)43-20-6-13-30-55(43)63-56)50-35-33-41-39-18-4-7-22-45(39)59(48-25-14-21-42(50)57(41)48)46-23-8-11-28-53(46)62-54-29-12-9-24-47(54)59/h1-36H. The van der Waals surface area contributed by atoms with E-state index in [1.165, 1.54) is 80.7 Å². The molecule has 10 aromatic carbocycles. The number of nitrogens with zero attached hydrogens (tertiary/aromatic N) is 2. The van der Waals surface area contributed by atoms with Gasteiger partial charge in [0.05, 0.1) is 27.8 Å². The maximum atomic E-state index is 6.70. The maximum absolute atomic E-state index is 6.70. The summed E-state index contributed by atoms with van der Waals surface area (Å²) in [6.45, 7) is 0. The SMILES string of the molecule is c1ccc(N(c2ccc3c(c2)c2ccccc2n3-c2cccc3sc4ccccc4c23)c2ccc3c4c(cccc24)C2(c4ccccc4Oc4ccccc42)c2ccccc2-3)cc1. The molecule has 12 aromatic rings. The fourth-order valence-electron chi connectivity index (χ4n) is 11.2. The fourth-order valence-corrected chi connectivity index (χ4v) is 12.3. The zero-order chi connectivity index (χ0) is 41.2. The topological polar surface area (TPSA) is 17.4 Å². The van der Waals surface area contributed by atoms with Gasteiger partial charge in [-0.15, -0.1) is 11.3 Å². The van der Waals surface area contributed by atoms with E-state index in [4.69, 9.17) is 4.74 Å². The van der Waals surface area contributed by atoms with E-state index in [9.17, 15) is 0 Å². The summed E-state index contributed by atoms with van der Waals surface area (Å²) in [6.07, 6.45) is 0. The number of aromatic nitrogens is 1. The third-order valence-corrected chi connectivity index (χ3v) is 14.8. The molecule has 0 atom stereocenters. The summed E-state index contributed by atoms with van der Waals surface area (Å²) in [6, 6.07) is 80.2. The fraction of sp³-hybridized carbons (Fsp3) is 0.0169. The molecule has 0 radical (unpaired) electrons. The van der Waals surface area contributed by atoms with Crippen LogP contribution in [0.3, 0.4) is 0 Å². The van der Waals surface area contributed by atoms with Crippen molar-refractivity contribution in [1.29, 1.82) is 0 Å². The molecule has 3 nitrogen and oxygen atoms in total. The van der Waals surface area contributed by atoms with Crippen molar-refractivity contribution < 1.29 is 4.74 Å². The zero-order valence-corrected chi connectivity index (χ0v) is 34.8. The van der Waals surface area contributed by atoms with Crippen molar-refractivity contribution in [3.05, 3.63) is 241 Å². The normalized spacial score (nSPS) is 13.3. The lowest BCUT2D eigenvalue weighted by Gasteiger charge is -2.45. The predicted molar refractivity (Wildman–Crippen MR) is 263 cm³/mol. The minimum Gasteiger partial charge on any atom is -0.457 e. The van der Waals surface area contributed by atoms with Crippen LogP contribution in [0.4, 0.5) is 17.1 Å². The van der Waals surface area contributed by atoms with Crippen LogP contribution in [-0.4, -0.2) is 4.57 Å². The third kappa shape index (κ3) is 4.68. The van der Waals surface area contributed by atoms with E-state index in [2.05, 4.69) is 228 Å². The first-order valence-corrected chi connectivity index (χ1v) is 22.4. The summed E-state index contributed by atoms with van der Waals surface area (Å²) in [7, 11) is 0. The van der Waals surface area contributed by atoms with Gasteiger partial charge in [-0.25, -0.2) is 0 Å². The first kappa shape index (κ1) is 34.8. The average molecular weight is 821 g/mol. The Hall–Kier alpha value is -7.92. The highest BCUT2D eigenvalue weighted by molar-refractivity contribution is 7.25. The quantitative estimate of drug-likeness (QED) is 0.176. The van der Waals surface area contributed by atoms with Crippen LogP contribution in [-0.2, 0) is 5.41 Å². The monoisotopic (exact) mass is 820 g/mol. The van der Waals surface area contributed by atoms with Gasteiger partial charge in [0.1, 0.15) is 11.5 Å². The third-order valence-electron chi connectivity index (χ3n) is 13.6. The number of para-hydroxylation sites is 4. The Balaban J connectivity index is 1.05. The smallest absolute Gasteiger partial charge is 0.132 e. The number of hydrogen-bond donors (Lipinski definition) is 0. The highest BCUT2D eigenvalue weighted by atomic mass is 32.1. The lowest BCUT2D eigenvalue weighted by molar-refractivity contribution is 0.435. The molecule has 294 valence electrons. The van der Waals surface area contributed by atoms with Crippen LogP contribution in [0.15, 0.2) is 218 Å². The molecule has 2 aliphatic rings. The van der Waals surface area contributed by atoms with E-state index in [1.54, 1.807) is 0 Å². The largest absolute Gasteiger partial charge is 0.457 e. The molecule has 2 aromatic heterocycles. The molecule has 0 amide bonds. The molecule has 63 heavy (non-hydrogen) atoms. The molecule has 0 bridgehead atoms. The Labute approximate surface area is 367 Å². The van der Waals surface area contributed by atoms with Crippen LogP contribution in [0.5, 0.6) is 11.5 Å². The van der Waals surface area contributed by atoms with Gasteiger partial charge in [0, 0.05) is 58.8 Å². The van der Waals surface area contributed by atoms with Crippen molar-refractivity contribution in [2.24, 2.45) is 0 Å². The van der Waals surface area contributed by atoms with Crippen molar-refractivity contribution in [3.63, 3.8) is 0 Å². The number of benzene rings is 10. The molecule has 3 heterocycles. The summed E-state index contributed by atoms with van der Waals surface area (Å²) in [4.78, 5) is 2.46. The highest BCUT2D eigenvalue weighted by Gasteiger charge is 2.49. The number of rotatable bonds is 4. The number of ether oxygens (including phenoxy) is 1. The first-order chi connectivity index (χ1) is 31.3. The lowest BCUT2D eigenvalue weighted by Crippen LogP contribution is -2.36. The molecule has 0 fully saturated rings. The molecule has 0 unspecified atom stereocenters. The van der Waals surface area contributed by atoms with Crippen LogP contribution in [0.2, 0.25) is 0 Å². The summed E-state index contributed by atoms with van der Waals surface area (Å²) in [5.74, 6) is 1.79. The van der Waals surface area contributed by atoms with Crippen LogP contribution in [0.1, 0.15) is 22.3 Å². The second-order valence-electron chi connectivity index (χ2n) is 16.7. The van der Waals surface area contributed by atoms with Crippen LogP contribution < -0.4 is 9.64 Å². The Kier molecular flexibility index (Phi) is 7.20. The predicted octanol–water partition coefficient (Wildman–Crippen LogP) is 16.2. The van der Waals surface area contributed by atoms with Gasteiger partial charge in [0.2, 0.25) is 0 Å². The molecule has 0 saturated heterocycles. The summed E-state index contributed by atoms with van der Waals surface area (Å²) in [5, 5.41) is 7.50. The van der Waals surface area contributed by atoms with E-state index >= 15 is 0 Å². The highest BCUT2D eigenvalue weighted by Crippen LogP contribution is 2.62. The van der Waals surface area contributed by atoms with Crippen LogP contribution >= 0.6 is 11.3 Å². The maximum Gasteiger partial charge on any atom is 0.132 e. The van der Waals surface area contributed by atoms with Crippen molar-refractivity contribution in [2.75, 3.05) is 4.90 Å². The zero-order valence-electron chi connectivity index (χ0n) is 34.0. The second-order valence-corrected chi connectivity index (χ2v) is 17.8. The molecule has 0 N–H and O–H groups in total. The summed E-state index contributed by atoms with van der Waals surface area (Å²) >= 11 is 1.86. The van der Waals surface area contributed by atoms with Gasteiger partial charge in [0.25, 0.3) is 0 Å². The van der Waals surface area contributed by atoms with E-state index in [1.807, 2.05) is 11.3 Å². The minimum absolute atomic E-state index is 0.595. The van der Waals surface area contributed by atoms with Gasteiger partial charge in [-0.05, 0) is 100 Å². The molecule has 0 saturated carbocycles. The summed E-state index contributed by atoms with van der Waals surface area (Å²) in [5.41, 5.74) is 13.7. The number of thiophene rings is 1. The number of anilines is 3. The Bertz CT molecular complexity index is 3810. The molecular weight excluding hydrogens is 785 g/mol. The Morgan fingerprint density at radius 1 is 0.397 bits per heavy atom. The number of hydrogen-bond acceptors (Lipinski definition) is 3. The molecule has 1 aliphatic heterocycles. The van der Waals surface area contributed by atoms with Crippen molar-refractivity contribution >= 4 is 81.1 Å². The van der Waals surface area contributed by atoms with Gasteiger partial charge < -0.3 is 14.2 Å². The van der Waals surface area contributed by atoms with Crippen molar-refractivity contribution in [3.8, 4) is 28.3 Å². The van der Waals surface area contributed by atoms with Gasteiger partial charge in [-0.2, -0.15) is 0 Å². The van der Waals surface area contributed by atoms with Gasteiger partial charge in [-0.1, -0.05) is 146 Å². The molecular formula is C59H36N2OS. The second kappa shape index (κ2) is 13.0. The van der Waals surface area contributed by atoms with E-state index in [0.717, 1.165) is 39.7 Å². The molecule has 1 spiro atoms.